The van der Waals surface area contributed by atoms with Gasteiger partial charge in [-0.15, -0.1) is 32.9 Å². The molecule has 5 rings (SSSR count). The number of aryl methyl sites for hydroxylation is 1. The minimum atomic E-state index is -0.0445. The van der Waals surface area contributed by atoms with Crippen molar-refractivity contribution in [3.05, 3.63) is 63.4 Å². The van der Waals surface area contributed by atoms with E-state index in [9.17, 15) is 4.79 Å². The largest absolute Gasteiger partial charge is 0.325 e. The van der Waals surface area contributed by atoms with Gasteiger partial charge < -0.3 is 5.32 Å². The van der Waals surface area contributed by atoms with E-state index in [1.807, 2.05) is 42.6 Å². The van der Waals surface area contributed by atoms with Crippen LogP contribution in [0.4, 0.5) is 5.69 Å². The molecular weight excluding hydrogens is 446 g/mol. The van der Waals surface area contributed by atoms with E-state index in [-0.39, 0.29) is 12.3 Å². The maximum absolute atomic E-state index is 12.4. The molecule has 6 nitrogen and oxygen atoms in total. The second-order valence-corrected chi connectivity index (χ2v) is 10.3. The van der Waals surface area contributed by atoms with Gasteiger partial charge in [0.2, 0.25) is 5.91 Å². The normalized spacial score (nSPS) is 13.5. The molecule has 4 aromatic rings. The van der Waals surface area contributed by atoms with Gasteiger partial charge in [-0.25, -0.2) is 4.98 Å². The van der Waals surface area contributed by atoms with Gasteiger partial charge in [0.05, 0.1) is 17.0 Å². The quantitative estimate of drug-likeness (QED) is 0.343. The molecule has 1 fully saturated rings. The number of amides is 1. The smallest absolute Gasteiger partial charge is 0.231 e. The third-order valence-corrected chi connectivity index (χ3v) is 7.74. The van der Waals surface area contributed by atoms with Gasteiger partial charge in [0.1, 0.15) is 5.01 Å². The predicted molar refractivity (Wildman–Crippen MR) is 127 cm³/mol. The van der Waals surface area contributed by atoms with Crippen LogP contribution in [-0.2, 0) is 17.0 Å². The first-order valence-electron chi connectivity index (χ1n) is 10.1. The zero-order chi connectivity index (χ0) is 21.2. The van der Waals surface area contributed by atoms with E-state index in [1.165, 1.54) is 24.2 Å². The Kier molecular flexibility index (Phi) is 5.89. The minimum Gasteiger partial charge on any atom is -0.325 e. The summed E-state index contributed by atoms with van der Waals surface area (Å²) in [6.45, 7) is 1.98. The lowest BCUT2D eigenvalue weighted by Crippen LogP contribution is -2.15. The molecule has 0 radical (unpaired) electrons. The Morgan fingerprint density at radius 3 is 2.84 bits per heavy atom. The first kappa shape index (κ1) is 20.4. The second-order valence-electron chi connectivity index (χ2n) is 7.45. The van der Waals surface area contributed by atoms with Crippen molar-refractivity contribution in [3.8, 4) is 10.7 Å². The van der Waals surface area contributed by atoms with Crippen LogP contribution in [0.25, 0.3) is 10.7 Å². The first-order chi connectivity index (χ1) is 15.2. The van der Waals surface area contributed by atoms with Crippen LogP contribution in [0.15, 0.2) is 52.3 Å². The Balaban J connectivity index is 1.22. The van der Waals surface area contributed by atoms with Gasteiger partial charge >= 0.3 is 0 Å². The number of aromatic nitrogens is 4. The molecule has 9 heteroatoms. The lowest BCUT2D eigenvalue weighted by atomic mass is 10.2. The number of thiazole rings is 1. The molecule has 3 aromatic heterocycles. The fourth-order valence-corrected chi connectivity index (χ4v) is 5.79. The van der Waals surface area contributed by atoms with E-state index in [0.29, 0.717) is 11.8 Å². The maximum Gasteiger partial charge on any atom is 0.231 e. The van der Waals surface area contributed by atoms with Crippen molar-refractivity contribution in [2.45, 2.75) is 43.1 Å². The van der Waals surface area contributed by atoms with Crippen molar-refractivity contribution in [1.29, 1.82) is 0 Å². The summed E-state index contributed by atoms with van der Waals surface area (Å²) in [6.07, 6.45) is 2.64. The molecule has 0 aliphatic heterocycles. The van der Waals surface area contributed by atoms with Gasteiger partial charge in [-0.05, 0) is 42.8 Å². The average molecular weight is 468 g/mol. The van der Waals surface area contributed by atoms with Gasteiger partial charge in [0.15, 0.2) is 11.0 Å². The minimum absolute atomic E-state index is 0.0445. The topological polar surface area (TPSA) is 72.7 Å². The number of carbonyl (C=O) groups excluding carboxylic acids is 1. The molecule has 1 aromatic carbocycles. The van der Waals surface area contributed by atoms with Gasteiger partial charge in [0.25, 0.3) is 0 Å². The van der Waals surface area contributed by atoms with Gasteiger partial charge in [0, 0.05) is 22.9 Å². The molecule has 0 spiro atoms. The van der Waals surface area contributed by atoms with Crippen LogP contribution in [0, 0.1) is 6.92 Å². The number of anilines is 1. The van der Waals surface area contributed by atoms with E-state index >= 15 is 0 Å². The zero-order valence-electron chi connectivity index (χ0n) is 16.9. The van der Waals surface area contributed by atoms with Gasteiger partial charge in [-0.2, -0.15) is 0 Å². The fourth-order valence-electron chi connectivity index (χ4n) is 3.29. The van der Waals surface area contributed by atoms with Crippen molar-refractivity contribution in [1.82, 2.24) is 19.7 Å². The highest BCUT2D eigenvalue weighted by molar-refractivity contribution is 7.98. The lowest BCUT2D eigenvalue weighted by molar-refractivity contribution is -0.115. The molecule has 0 unspecified atom stereocenters. The molecule has 0 atom stereocenters. The monoisotopic (exact) mass is 467 g/mol. The van der Waals surface area contributed by atoms with E-state index in [0.717, 1.165) is 37.8 Å². The van der Waals surface area contributed by atoms with Crippen molar-refractivity contribution < 1.29 is 4.79 Å². The SMILES string of the molecule is Cc1ccccc1NC(=O)Cc1nc(CSc2nnc(-c3cccs3)n2C2CC2)cs1. The summed E-state index contributed by atoms with van der Waals surface area (Å²) in [4.78, 5) is 18.2. The molecule has 1 N–H and O–H groups in total. The maximum atomic E-state index is 12.4. The van der Waals surface area contributed by atoms with Crippen LogP contribution in [0.3, 0.4) is 0 Å². The van der Waals surface area contributed by atoms with Crippen LogP contribution in [0.1, 0.15) is 35.1 Å². The number of thiophene rings is 1. The fraction of sp³-hybridized carbons (Fsp3) is 0.273. The molecular formula is C22H21N5OS3. The zero-order valence-corrected chi connectivity index (χ0v) is 19.4. The van der Waals surface area contributed by atoms with Gasteiger partial charge in [-0.1, -0.05) is 36.0 Å². The second kappa shape index (κ2) is 8.94. The Morgan fingerprint density at radius 1 is 1.19 bits per heavy atom. The third kappa shape index (κ3) is 4.73. The van der Waals surface area contributed by atoms with Crippen molar-refractivity contribution in [2.24, 2.45) is 0 Å². The standard InChI is InChI=1S/C22H21N5OS3/c1-14-5-2-3-6-17(14)24-19(28)11-20-23-15(12-30-20)13-31-22-26-25-21(18-7-4-10-29-18)27(22)16-8-9-16/h2-7,10,12,16H,8-9,11,13H2,1H3,(H,24,28). The summed E-state index contributed by atoms with van der Waals surface area (Å²) in [5.41, 5.74) is 2.87. The number of para-hydroxylation sites is 1. The highest BCUT2D eigenvalue weighted by Crippen LogP contribution is 2.42. The lowest BCUT2D eigenvalue weighted by Gasteiger charge is -2.07. The van der Waals surface area contributed by atoms with E-state index in [4.69, 9.17) is 0 Å². The van der Waals surface area contributed by atoms with E-state index in [2.05, 4.69) is 36.5 Å². The molecule has 1 amide bonds. The number of nitrogens with zero attached hydrogens (tertiary/aromatic N) is 4. The molecule has 1 saturated carbocycles. The molecule has 3 heterocycles. The third-order valence-electron chi connectivity index (χ3n) is 5.00. The molecule has 0 saturated heterocycles. The van der Waals surface area contributed by atoms with Crippen molar-refractivity contribution in [3.63, 3.8) is 0 Å². The highest BCUT2D eigenvalue weighted by Gasteiger charge is 2.30. The van der Waals surface area contributed by atoms with Crippen molar-refractivity contribution >= 4 is 46.0 Å². The average Bonchev–Trinajstić information content (AvgIpc) is 3.15. The summed E-state index contributed by atoms with van der Waals surface area (Å²) in [7, 11) is 0. The number of thioether (sulfide) groups is 1. The van der Waals surface area contributed by atoms with E-state index in [1.54, 1.807) is 23.1 Å². The molecule has 1 aliphatic rings. The van der Waals surface area contributed by atoms with Crippen LogP contribution in [0.5, 0.6) is 0 Å². The van der Waals surface area contributed by atoms with Crippen LogP contribution < -0.4 is 5.32 Å². The number of nitrogens with one attached hydrogen (secondary N) is 1. The van der Waals surface area contributed by atoms with E-state index < -0.39 is 0 Å². The summed E-state index contributed by atoms with van der Waals surface area (Å²) in [6, 6.07) is 12.4. The Hall–Kier alpha value is -2.49. The molecule has 31 heavy (non-hydrogen) atoms. The predicted octanol–water partition coefficient (Wildman–Crippen LogP) is 5.58. The number of carbonyl (C=O) groups is 1. The first-order valence-corrected chi connectivity index (χ1v) is 12.8. The Labute approximate surface area is 192 Å². The number of rotatable bonds is 8. The number of hydrogen-bond acceptors (Lipinski definition) is 7. The summed E-state index contributed by atoms with van der Waals surface area (Å²) in [5.74, 6) is 1.63. The van der Waals surface area contributed by atoms with Crippen LogP contribution in [-0.4, -0.2) is 25.7 Å². The van der Waals surface area contributed by atoms with Crippen LogP contribution in [0.2, 0.25) is 0 Å². The Bertz CT molecular complexity index is 1190. The van der Waals surface area contributed by atoms with Crippen LogP contribution >= 0.6 is 34.4 Å². The summed E-state index contributed by atoms with van der Waals surface area (Å²) < 4.78 is 2.28. The number of hydrogen-bond donors (Lipinski definition) is 1. The summed E-state index contributed by atoms with van der Waals surface area (Å²) >= 11 is 4.88. The Morgan fingerprint density at radius 2 is 2.06 bits per heavy atom. The molecule has 0 bridgehead atoms. The molecule has 158 valence electrons. The number of benzene rings is 1. The molecule has 1 aliphatic carbocycles. The summed E-state index contributed by atoms with van der Waals surface area (Å²) in [5, 5.41) is 17.7. The van der Waals surface area contributed by atoms with Gasteiger partial charge in [-0.3, -0.25) is 9.36 Å². The van der Waals surface area contributed by atoms with Crippen molar-refractivity contribution in [2.75, 3.05) is 5.32 Å². The highest BCUT2D eigenvalue weighted by atomic mass is 32.2.